The van der Waals surface area contributed by atoms with Crippen molar-refractivity contribution in [3.8, 4) is 5.75 Å². The minimum Gasteiger partial charge on any atom is -0.481 e. The second-order valence-corrected chi connectivity index (χ2v) is 5.83. The van der Waals surface area contributed by atoms with Crippen molar-refractivity contribution in [2.75, 3.05) is 5.32 Å². The zero-order valence-corrected chi connectivity index (χ0v) is 12.7. The highest BCUT2D eigenvalue weighted by Gasteiger charge is 2.17. The number of ether oxygens (including phenoxy) is 1. The molecule has 1 amide bonds. The van der Waals surface area contributed by atoms with E-state index in [1.54, 1.807) is 6.92 Å². The summed E-state index contributed by atoms with van der Waals surface area (Å²) in [6.45, 7) is 7.49. The molecule has 1 aromatic heterocycles. The van der Waals surface area contributed by atoms with Gasteiger partial charge in [0.1, 0.15) is 10.8 Å². The molecule has 0 spiro atoms. The van der Waals surface area contributed by atoms with Crippen molar-refractivity contribution >= 4 is 22.4 Å². The van der Waals surface area contributed by atoms with Gasteiger partial charge in [-0.3, -0.25) is 10.1 Å². The molecule has 5 nitrogen and oxygen atoms in total. The first-order valence-electron chi connectivity index (χ1n) is 6.30. The number of nitrogens with zero attached hydrogens (tertiary/aromatic N) is 2. The molecule has 0 fully saturated rings. The van der Waals surface area contributed by atoms with E-state index < -0.39 is 6.10 Å². The second kappa shape index (κ2) is 6.00. The van der Waals surface area contributed by atoms with Crippen LogP contribution >= 0.6 is 11.3 Å². The van der Waals surface area contributed by atoms with Gasteiger partial charge in [-0.05, 0) is 44.9 Å². The molecule has 0 bridgehead atoms. The fraction of sp³-hybridized carbons (Fsp3) is 0.357. The standard InChI is InChI=1S/C14H17N3O2S/c1-8-5-6-9(2)12(7-8)19-10(3)13(18)15-14-17-16-11(4)20-14/h5-7,10H,1-4H3,(H,15,17,18)/t10-/m0/s1. The highest BCUT2D eigenvalue weighted by Crippen LogP contribution is 2.21. The number of carbonyl (C=O) groups excluding carboxylic acids is 1. The van der Waals surface area contributed by atoms with Gasteiger partial charge >= 0.3 is 0 Å². The van der Waals surface area contributed by atoms with Crippen LogP contribution in [0.1, 0.15) is 23.1 Å². The molecule has 2 aromatic rings. The molecule has 6 heteroatoms. The van der Waals surface area contributed by atoms with Crippen LogP contribution in [0.3, 0.4) is 0 Å². The maximum absolute atomic E-state index is 12.0. The lowest BCUT2D eigenvalue weighted by Gasteiger charge is -2.15. The molecule has 0 unspecified atom stereocenters. The molecular weight excluding hydrogens is 274 g/mol. The summed E-state index contributed by atoms with van der Waals surface area (Å²) in [5.41, 5.74) is 2.10. The van der Waals surface area contributed by atoms with E-state index >= 15 is 0 Å². The third-order valence-electron chi connectivity index (χ3n) is 2.77. The van der Waals surface area contributed by atoms with Crippen LogP contribution in [0.4, 0.5) is 5.13 Å². The van der Waals surface area contributed by atoms with Crippen molar-refractivity contribution < 1.29 is 9.53 Å². The maximum Gasteiger partial charge on any atom is 0.266 e. The Hall–Kier alpha value is -1.95. The largest absolute Gasteiger partial charge is 0.481 e. The lowest BCUT2D eigenvalue weighted by atomic mass is 10.1. The molecule has 1 aromatic carbocycles. The molecule has 2 rings (SSSR count). The third-order valence-corrected chi connectivity index (χ3v) is 3.53. The highest BCUT2D eigenvalue weighted by atomic mass is 32.1. The lowest BCUT2D eigenvalue weighted by molar-refractivity contribution is -0.122. The van der Waals surface area contributed by atoms with Crippen molar-refractivity contribution in [2.45, 2.75) is 33.8 Å². The minimum absolute atomic E-state index is 0.234. The molecular formula is C14H17N3O2S. The number of aryl methyl sites for hydroxylation is 3. The Kier molecular flexibility index (Phi) is 4.34. The van der Waals surface area contributed by atoms with E-state index in [0.29, 0.717) is 5.13 Å². The van der Waals surface area contributed by atoms with Crippen LogP contribution in [0.5, 0.6) is 5.75 Å². The van der Waals surface area contributed by atoms with Crippen LogP contribution in [0.15, 0.2) is 18.2 Å². The summed E-state index contributed by atoms with van der Waals surface area (Å²) in [6.07, 6.45) is -0.597. The van der Waals surface area contributed by atoms with Gasteiger partial charge in [-0.25, -0.2) is 0 Å². The van der Waals surface area contributed by atoms with Gasteiger partial charge in [-0.1, -0.05) is 23.5 Å². The minimum atomic E-state index is -0.597. The average molecular weight is 291 g/mol. The van der Waals surface area contributed by atoms with Crippen molar-refractivity contribution in [3.05, 3.63) is 34.3 Å². The maximum atomic E-state index is 12.0. The van der Waals surface area contributed by atoms with Crippen LogP contribution in [-0.4, -0.2) is 22.2 Å². The first-order chi connectivity index (χ1) is 9.45. The molecule has 0 saturated carbocycles. The number of carbonyl (C=O) groups is 1. The Balaban J connectivity index is 2.02. The molecule has 1 N–H and O–H groups in total. The Morgan fingerprint density at radius 3 is 2.70 bits per heavy atom. The molecule has 0 aliphatic heterocycles. The molecule has 0 aliphatic carbocycles. The zero-order valence-electron chi connectivity index (χ0n) is 11.9. The van der Waals surface area contributed by atoms with E-state index in [0.717, 1.165) is 21.9 Å². The molecule has 0 aliphatic rings. The number of nitrogens with one attached hydrogen (secondary N) is 1. The van der Waals surface area contributed by atoms with Crippen molar-refractivity contribution in [1.29, 1.82) is 0 Å². The predicted molar refractivity (Wildman–Crippen MR) is 79.3 cm³/mol. The van der Waals surface area contributed by atoms with Crippen LogP contribution in [0.2, 0.25) is 0 Å². The van der Waals surface area contributed by atoms with Gasteiger partial charge in [0.2, 0.25) is 5.13 Å². The monoisotopic (exact) mass is 291 g/mol. The summed E-state index contributed by atoms with van der Waals surface area (Å²) in [5, 5.41) is 11.7. The summed E-state index contributed by atoms with van der Waals surface area (Å²) >= 11 is 1.34. The van der Waals surface area contributed by atoms with Crippen molar-refractivity contribution in [2.24, 2.45) is 0 Å². The van der Waals surface area contributed by atoms with Crippen LogP contribution in [0.25, 0.3) is 0 Å². The normalized spacial score (nSPS) is 12.0. The van der Waals surface area contributed by atoms with Crippen molar-refractivity contribution in [3.63, 3.8) is 0 Å². The lowest BCUT2D eigenvalue weighted by Crippen LogP contribution is -2.30. The quantitative estimate of drug-likeness (QED) is 0.940. The van der Waals surface area contributed by atoms with Gasteiger partial charge in [0.15, 0.2) is 6.10 Å². The van der Waals surface area contributed by atoms with Gasteiger partial charge in [-0.2, -0.15) is 0 Å². The predicted octanol–water partition coefficient (Wildman–Crippen LogP) is 2.87. The van der Waals surface area contributed by atoms with Gasteiger partial charge in [0, 0.05) is 0 Å². The summed E-state index contributed by atoms with van der Waals surface area (Å²) in [5.74, 6) is 0.489. The van der Waals surface area contributed by atoms with E-state index in [9.17, 15) is 4.79 Å². The average Bonchev–Trinajstić information content (AvgIpc) is 2.79. The fourth-order valence-electron chi connectivity index (χ4n) is 1.63. The topological polar surface area (TPSA) is 64.1 Å². The molecule has 106 valence electrons. The second-order valence-electron chi connectivity index (χ2n) is 4.64. The summed E-state index contributed by atoms with van der Waals surface area (Å²) in [4.78, 5) is 12.0. The summed E-state index contributed by atoms with van der Waals surface area (Å²) in [7, 11) is 0. The molecule has 1 heterocycles. The van der Waals surface area contributed by atoms with E-state index in [-0.39, 0.29) is 5.91 Å². The zero-order chi connectivity index (χ0) is 14.7. The molecule has 0 radical (unpaired) electrons. The molecule has 0 saturated heterocycles. The van der Waals surface area contributed by atoms with E-state index in [2.05, 4.69) is 15.5 Å². The Morgan fingerprint density at radius 2 is 2.05 bits per heavy atom. The molecule has 1 atom stereocenters. The molecule has 20 heavy (non-hydrogen) atoms. The van der Waals surface area contributed by atoms with E-state index in [1.165, 1.54) is 11.3 Å². The van der Waals surface area contributed by atoms with E-state index in [1.807, 2.05) is 39.0 Å². The van der Waals surface area contributed by atoms with Crippen LogP contribution < -0.4 is 10.1 Å². The smallest absolute Gasteiger partial charge is 0.266 e. The van der Waals surface area contributed by atoms with Gasteiger partial charge < -0.3 is 4.74 Å². The summed E-state index contributed by atoms with van der Waals surface area (Å²) in [6, 6.07) is 5.91. The first kappa shape index (κ1) is 14.5. The number of hydrogen-bond donors (Lipinski definition) is 1. The Bertz CT molecular complexity index is 625. The Morgan fingerprint density at radius 1 is 1.30 bits per heavy atom. The summed E-state index contributed by atoms with van der Waals surface area (Å²) < 4.78 is 5.71. The number of anilines is 1. The Labute approximate surface area is 122 Å². The number of aromatic nitrogens is 2. The third kappa shape index (κ3) is 3.54. The number of benzene rings is 1. The van der Waals surface area contributed by atoms with Crippen LogP contribution in [-0.2, 0) is 4.79 Å². The van der Waals surface area contributed by atoms with Gasteiger partial charge in [-0.15, -0.1) is 10.2 Å². The number of amides is 1. The van der Waals surface area contributed by atoms with Gasteiger partial charge in [0.25, 0.3) is 5.91 Å². The van der Waals surface area contributed by atoms with Gasteiger partial charge in [0.05, 0.1) is 0 Å². The van der Waals surface area contributed by atoms with E-state index in [4.69, 9.17) is 4.74 Å². The first-order valence-corrected chi connectivity index (χ1v) is 7.12. The fourth-order valence-corrected chi connectivity index (χ4v) is 2.23. The highest BCUT2D eigenvalue weighted by molar-refractivity contribution is 7.15. The SMILES string of the molecule is Cc1ccc(C)c(O[C@@H](C)C(=O)Nc2nnc(C)s2)c1. The number of rotatable bonds is 4. The number of hydrogen-bond acceptors (Lipinski definition) is 5. The van der Waals surface area contributed by atoms with Crippen LogP contribution in [0, 0.1) is 20.8 Å². The van der Waals surface area contributed by atoms with Crippen molar-refractivity contribution in [1.82, 2.24) is 10.2 Å².